The van der Waals surface area contributed by atoms with Gasteiger partial charge in [-0.25, -0.2) is 0 Å². The summed E-state index contributed by atoms with van der Waals surface area (Å²) in [7, 11) is 0. The Morgan fingerprint density at radius 2 is 1.08 bits per heavy atom. The predicted molar refractivity (Wildman–Crippen MR) is 210 cm³/mol. The summed E-state index contributed by atoms with van der Waals surface area (Å²) in [6.07, 6.45) is 8.82. The first-order valence-electron chi connectivity index (χ1n) is 16.4. The average Bonchev–Trinajstić information content (AvgIpc) is 3.78. The third-order valence-electron chi connectivity index (χ3n) is 10.7. The molecular weight excluding hydrogens is 659 g/mol. The van der Waals surface area contributed by atoms with Gasteiger partial charge in [0, 0.05) is 0 Å². The second-order valence-electron chi connectivity index (χ2n) is 13.3. The third-order valence-corrected chi connectivity index (χ3v) is 21.1. The fourth-order valence-corrected chi connectivity index (χ4v) is 18.4. The van der Waals surface area contributed by atoms with E-state index in [1.165, 1.54) is 71.1 Å². The number of halogens is 2. The molecule has 2 aliphatic carbocycles. The van der Waals surface area contributed by atoms with Crippen LogP contribution in [0, 0.1) is 13.8 Å². The number of fused-ring (bicyclic) bond motifs is 3. The Balaban J connectivity index is 0.00000201. The van der Waals surface area contributed by atoms with Crippen LogP contribution in [0.5, 0.6) is 0 Å². The van der Waals surface area contributed by atoms with Gasteiger partial charge in [-0.05, 0) is 0 Å². The van der Waals surface area contributed by atoms with Crippen LogP contribution in [0.2, 0.25) is 0 Å². The van der Waals surface area contributed by atoms with E-state index in [0.29, 0.717) is 0 Å². The summed E-state index contributed by atoms with van der Waals surface area (Å²) in [5, 5.41) is 0. The molecule has 0 atom stereocenters. The first kappa shape index (κ1) is 33.8. The Morgan fingerprint density at radius 1 is 0.542 bits per heavy atom. The Kier molecular flexibility index (Phi) is 9.25. The Labute approximate surface area is 298 Å². The van der Waals surface area contributed by atoms with E-state index >= 15 is 0 Å². The molecule has 0 heterocycles. The standard InChI is InChI=1S/C25H17.2C7H7.C5H5.CH2.2ClH.Ti/c1-3-7-18(8-4-1)20-11-13-24-22(15-20)17-23-16-21(12-14-25(23)24)19-9-5-2-6-10-19;2*1-7-5-3-2-4-6-7;1-2-4-5-3-1;;;;/h1-15H,17H2;2*3-6H,1H3;1-3H,4H2;1H2;2*1H;. The molecule has 48 heavy (non-hydrogen) atoms. The maximum absolute atomic E-state index is 5.73. The molecule has 0 amide bonds. The molecule has 0 saturated carbocycles. The van der Waals surface area contributed by atoms with Crippen molar-refractivity contribution in [2.75, 3.05) is 0 Å². The van der Waals surface area contributed by atoms with E-state index in [1.54, 1.807) is 0 Å². The van der Waals surface area contributed by atoms with Crippen molar-refractivity contribution in [2.45, 2.75) is 26.7 Å². The molecular formula is C45H40Cl2Ti. The van der Waals surface area contributed by atoms with E-state index in [0.717, 1.165) is 12.8 Å². The molecule has 238 valence electrons. The molecule has 0 aliphatic heterocycles. The van der Waals surface area contributed by atoms with Gasteiger partial charge < -0.3 is 0 Å². The predicted octanol–water partition coefficient (Wildman–Crippen LogP) is 10.3. The fraction of sp³-hybridized carbons (Fsp3) is 0.0889. The van der Waals surface area contributed by atoms with Crippen LogP contribution >= 0.6 is 24.8 Å². The van der Waals surface area contributed by atoms with Crippen molar-refractivity contribution in [1.82, 2.24) is 0 Å². The molecule has 0 aromatic heterocycles. The van der Waals surface area contributed by atoms with Crippen molar-refractivity contribution in [1.29, 1.82) is 0 Å². The van der Waals surface area contributed by atoms with Gasteiger partial charge in [0.05, 0.1) is 0 Å². The summed E-state index contributed by atoms with van der Waals surface area (Å²) < 4.78 is 5.72. The molecule has 0 bridgehead atoms. The average molecular weight is 700 g/mol. The summed E-state index contributed by atoms with van der Waals surface area (Å²) in [4.78, 5) is 5.73. The minimum absolute atomic E-state index is 0. The molecule has 0 fully saturated rings. The van der Waals surface area contributed by atoms with Crippen molar-refractivity contribution in [3.8, 4) is 33.4 Å². The topological polar surface area (TPSA) is 0 Å². The monoisotopic (exact) mass is 698 g/mol. The quantitative estimate of drug-likeness (QED) is 0.152. The minimum atomic E-state index is -4.59. The summed E-state index contributed by atoms with van der Waals surface area (Å²) in [5.74, 6) is 0. The molecule has 3 heteroatoms. The second-order valence-corrected chi connectivity index (χ2v) is 21.4. The summed E-state index contributed by atoms with van der Waals surface area (Å²) in [6, 6.07) is 52.5. The summed E-state index contributed by atoms with van der Waals surface area (Å²) >= 11 is -4.59. The molecule has 6 aromatic rings. The van der Waals surface area contributed by atoms with Crippen LogP contribution < -0.4 is 11.6 Å². The first-order valence-corrected chi connectivity index (χ1v) is 20.6. The van der Waals surface area contributed by atoms with Crippen molar-refractivity contribution in [3.05, 3.63) is 184 Å². The Hall–Kier alpha value is -4.04. The van der Waals surface area contributed by atoms with Crippen molar-refractivity contribution < 1.29 is 14.8 Å². The summed E-state index contributed by atoms with van der Waals surface area (Å²) in [6.45, 7) is 4.38. The second kappa shape index (κ2) is 13.1. The number of benzene rings is 6. The molecule has 0 nitrogen and oxygen atoms in total. The van der Waals surface area contributed by atoms with Crippen LogP contribution in [0.1, 0.15) is 28.7 Å². The molecule has 0 unspecified atom stereocenters. The van der Waals surface area contributed by atoms with Crippen molar-refractivity contribution >= 4 is 41.2 Å². The number of rotatable bonds is 6. The maximum atomic E-state index is 5.73. The Morgan fingerprint density at radius 3 is 1.65 bits per heavy atom. The molecule has 0 saturated heterocycles. The van der Waals surface area contributed by atoms with Gasteiger partial charge >= 0.3 is 275 Å². The zero-order chi connectivity index (χ0) is 31.3. The molecule has 0 N–H and O–H groups in total. The normalized spacial score (nSPS) is 13.2. The van der Waals surface area contributed by atoms with Gasteiger partial charge in [-0.15, -0.1) is 24.8 Å². The van der Waals surface area contributed by atoms with Gasteiger partial charge in [0.2, 0.25) is 0 Å². The summed E-state index contributed by atoms with van der Waals surface area (Å²) in [5.41, 5.74) is 13.2. The van der Waals surface area contributed by atoms with Gasteiger partial charge in [0.1, 0.15) is 0 Å². The van der Waals surface area contributed by atoms with E-state index in [9.17, 15) is 0 Å². The van der Waals surface area contributed by atoms with Crippen LogP contribution in [-0.4, -0.2) is 4.82 Å². The van der Waals surface area contributed by atoms with E-state index in [2.05, 4.69) is 172 Å². The van der Waals surface area contributed by atoms with Gasteiger partial charge in [-0.2, -0.15) is 0 Å². The number of aryl methyl sites for hydroxylation is 2. The van der Waals surface area contributed by atoms with Crippen LogP contribution in [0.3, 0.4) is 0 Å². The fourth-order valence-electron chi connectivity index (χ4n) is 8.26. The molecule has 0 spiro atoms. The Bertz CT molecular complexity index is 2190. The van der Waals surface area contributed by atoms with Crippen LogP contribution in [0.4, 0.5) is 0 Å². The van der Waals surface area contributed by atoms with Crippen molar-refractivity contribution in [3.63, 3.8) is 0 Å². The number of hydrogen-bond acceptors (Lipinski definition) is 0. The number of hydrogen-bond donors (Lipinski definition) is 0. The van der Waals surface area contributed by atoms with Gasteiger partial charge in [-0.3, -0.25) is 0 Å². The van der Waals surface area contributed by atoms with Crippen LogP contribution in [-0.2, 0) is 21.3 Å². The molecule has 2 aliphatic rings. The van der Waals surface area contributed by atoms with Crippen LogP contribution in [0.25, 0.3) is 33.4 Å². The molecule has 6 aromatic carbocycles. The number of allylic oxidation sites excluding steroid dienone is 4. The zero-order valence-electron chi connectivity index (χ0n) is 27.4. The molecule has 0 radical (unpaired) electrons. The van der Waals surface area contributed by atoms with Crippen LogP contribution in [0.15, 0.2) is 162 Å². The van der Waals surface area contributed by atoms with E-state index in [1.807, 2.05) is 0 Å². The third kappa shape index (κ3) is 5.15. The first-order chi connectivity index (χ1) is 22.4. The van der Waals surface area contributed by atoms with Gasteiger partial charge in [-0.1, -0.05) is 0 Å². The van der Waals surface area contributed by atoms with Gasteiger partial charge in [0.15, 0.2) is 0 Å². The van der Waals surface area contributed by atoms with E-state index in [4.69, 9.17) is 4.82 Å². The van der Waals surface area contributed by atoms with Gasteiger partial charge in [0.25, 0.3) is 0 Å². The van der Waals surface area contributed by atoms with E-state index < -0.39 is 14.8 Å². The van der Waals surface area contributed by atoms with E-state index in [-0.39, 0.29) is 24.8 Å². The molecule has 8 rings (SSSR count). The SMILES string of the molecule is Cl.Cl.[CH2]=[Ti]([C]1=CC=CC1)([c]1ccc(C)cc1)([c]1ccc(C)cc1)[c]1c(-c2ccccc2)ccc2c1Cc1cc(-c3ccccc3)ccc1-2. The van der Waals surface area contributed by atoms with Crippen molar-refractivity contribution in [2.24, 2.45) is 0 Å². The zero-order valence-corrected chi connectivity index (χ0v) is 30.6.